The van der Waals surface area contributed by atoms with Gasteiger partial charge in [-0.2, -0.15) is 13.2 Å². The summed E-state index contributed by atoms with van der Waals surface area (Å²) < 4.78 is 49.3. The second-order valence-electron chi connectivity index (χ2n) is 2.39. The highest BCUT2D eigenvalue weighted by molar-refractivity contribution is 9.09. The summed E-state index contributed by atoms with van der Waals surface area (Å²) in [4.78, 5) is 0. The highest BCUT2D eigenvalue weighted by Crippen LogP contribution is 2.37. The van der Waals surface area contributed by atoms with E-state index in [4.69, 9.17) is 0 Å². The first kappa shape index (κ1) is 10.5. The van der Waals surface area contributed by atoms with E-state index in [-0.39, 0.29) is 0 Å². The number of benzene rings is 1. The lowest BCUT2D eigenvalue weighted by Crippen LogP contribution is -2.08. The Kier molecular flexibility index (Phi) is 2.95. The third-order valence-corrected chi connectivity index (χ3v) is 1.99. The molecule has 0 heterocycles. The van der Waals surface area contributed by atoms with Crippen LogP contribution in [0.5, 0.6) is 0 Å². The van der Waals surface area contributed by atoms with Gasteiger partial charge in [0.25, 0.3) is 0 Å². The third kappa shape index (κ3) is 2.43. The molecular weight excluding hydrogens is 252 g/mol. The molecule has 72 valence electrons. The normalized spacial score (nSPS) is 14.2. The molecule has 0 aromatic heterocycles. The molecule has 5 heteroatoms. The van der Waals surface area contributed by atoms with Gasteiger partial charge in [0.2, 0.25) is 0 Å². The molecule has 13 heavy (non-hydrogen) atoms. The zero-order valence-electron chi connectivity index (χ0n) is 6.28. The Morgan fingerprint density at radius 2 is 1.69 bits per heavy atom. The monoisotopic (exact) mass is 256 g/mol. The van der Waals surface area contributed by atoms with Crippen LogP contribution >= 0.6 is 15.9 Å². The molecular formula is C8H5BrF4. The summed E-state index contributed by atoms with van der Waals surface area (Å²) in [7, 11) is 0. The maximum atomic E-state index is 12.6. The Morgan fingerprint density at radius 1 is 1.15 bits per heavy atom. The SMILES string of the molecule is FC(Br)c1ccccc1C(F)(F)F. The van der Waals surface area contributed by atoms with Gasteiger partial charge in [0.15, 0.2) is 5.08 Å². The van der Waals surface area contributed by atoms with Crippen molar-refractivity contribution in [1.82, 2.24) is 0 Å². The lowest BCUT2D eigenvalue weighted by molar-refractivity contribution is -0.138. The second-order valence-corrected chi connectivity index (χ2v) is 3.19. The maximum absolute atomic E-state index is 12.6. The van der Waals surface area contributed by atoms with E-state index < -0.39 is 22.4 Å². The van der Waals surface area contributed by atoms with Crippen molar-refractivity contribution in [2.24, 2.45) is 0 Å². The molecule has 0 spiro atoms. The molecule has 1 aromatic rings. The molecule has 0 bridgehead atoms. The van der Waals surface area contributed by atoms with Crippen molar-refractivity contribution in [2.75, 3.05) is 0 Å². The van der Waals surface area contributed by atoms with Gasteiger partial charge < -0.3 is 0 Å². The first-order valence-electron chi connectivity index (χ1n) is 3.37. The second kappa shape index (κ2) is 3.65. The van der Waals surface area contributed by atoms with Gasteiger partial charge >= 0.3 is 6.18 Å². The van der Waals surface area contributed by atoms with E-state index in [0.29, 0.717) is 0 Å². The molecule has 0 aliphatic heterocycles. The van der Waals surface area contributed by atoms with Gasteiger partial charge in [-0.15, -0.1) is 0 Å². The predicted octanol–water partition coefficient (Wildman–Crippen LogP) is 4.07. The molecule has 1 rings (SSSR count). The van der Waals surface area contributed by atoms with Gasteiger partial charge in [-0.1, -0.05) is 18.2 Å². The number of hydrogen-bond acceptors (Lipinski definition) is 0. The number of alkyl halides is 5. The van der Waals surface area contributed by atoms with Crippen molar-refractivity contribution < 1.29 is 17.6 Å². The van der Waals surface area contributed by atoms with E-state index in [1.165, 1.54) is 12.1 Å². The molecule has 0 saturated carbocycles. The summed E-state index contributed by atoms with van der Waals surface area (Å²) in [5, 5.41) is -1.79. The van der Waals surface area contributed by atoms with Gasteiger partial charge in [-0.05, 0) is 22.0 Å². The molecule has 0 N–H and O–H groups in total. The predicted molar refractivity (Wildman–Crippen MR) is 44.2 cm³/mol. The van der Waals surface area contributed by atoms with E-state index in [1.807, 2.05) is 0 Å². The van der Waals surface area contributed by atoms with Crippen molar-refractivity contribution in [3.05, 3.63) is 35.4 Å². The summed E-state index contributed by atoms with van der Waals surface area (Å²) in [6.45, 7) is 0. The maximum Gasteiger partial charge on any atom is 0.416 e. The summed E-state index contributed by atoms with van der Waals surface area (Å²) >= 11 is 2.46. The highest BCUT2D eigenvalue weighted by atomic mass is 79.9. The Hall–Kier alpha value is -0.580. The Morgan fingerprint density at radius 3 is 2.08 bits per heavy atom. The van der Waals surface area contributed by atoms with Crippen LogP contribution in [0.1, 0.15) is 16.2 Å². The van der Waals surface area contributed by atoms with Crippen molar-refractivity contribution >= 4 is 15.9 Å². The van der Waals surface area contributed by atoms with Crippen LogP contribution in [0.4, 0.5) is 17.6 Å². The Bertz CT molecular complexity index is 292. The van der Waals surface area contributed by atoms with Crippen molar-refractivity contribution in [2.45, 2.75) is 11.3 Å². The molecule has 1 atom stereocenters. The summed E-state index contributed by atoms with van der Waals surface area (Å²) in [6, 6.07) is 4.53. The average Bonchev–Trinajstić information content (AvgIpc) is 2.03. The lowest BCUT2D eigenvalue weighted by Gasteiger charge is -2.11. The van der Waals surface area contributed by atoms with Crippen LogP contribution in [-0.4, -0.2) is 0 Å². The summed E-state index contributed by atoms with van der Waals surface area (Å²) in [6.07, 6.45) is -4.51. The fraction of sp³-hybridized carbons (Fsp3) is 0.250. The van der Waals surface area contributed by atoms with E-state index in [1.54, 1.807) is 0 Å². The number of rotatable bonds is 1. The third-order valence-electron chi connectivity index (χ3n) is 1.50. The molecule has 0 saturated heterocycles. The van der Waals surface area contributed by atoms with Crippen LogP contribution in [0.3, 0.4) is 0 Å². The minimum atomic E-state index is -4.51. The molecule has 1 aromatic carbocycles. The van der Waals surface area contributed by atoms with Gasteiger partial charge in [0.1, 0.15) is 0 Å². The zero-order chi connectivity index (χ0) is 10.1. The summed E-state index contributed by atoms with van der Waals surface area (Å²) in [5.41, 5.74) is -1.34. The smallest absolute Gasteiger partial charge is 0.230 e. The highest BCUT2D eigenvalue weighted by Gasteiger charge is 2.34. The Labute approximate surface area is 80.7 Å². The fourth-order valence-corrected chi connectivity index (χ4v) is 1.34. The first-order valence-corrected chi connectivity index (χ1v) is 4.29. The quantitative estimate of drug-likeness (QED) is 0.525. The molecule has 1 unspecified atom stereocenters. The number of halogens is 5. The minimum absolute atomic E-state index is 0.394. The Balaban J connectivity index is 3.20. The molecule has 0 aliphatic carbocycles. The standard InChI is InChI=1S/C8H5BrF4/c9-7(10)5-3-1-2-4-6(5)8(11,12)13/h1-4,7H. The van der Waals surface area contributed by atoms with E-state index >= 15 is 0 Å². The van der Waals surface area contributed by atoms with Crippen molar-refractivity contribution in [3.63, 3.8) is 0 Å². The van der Waals surface area contributed by atoms with Gasteiger partial charge in [-0.3, -0.25) is 0 Å². The van der Waals surface area contributed by atoms with Crippen LogP contribution in [0.2, 0.25) is 0 Å². The van der Waals surface area contributed by atoms with E-state index in [0.717, 1.165) is 12.1 Å². The van der Waals surface area contributed by atoms with Crippen LogP contribution in [0, 0.1) is 0 Å². The van der Waals surface area contributed by atoms with Gasteiger partial charge in [0.05, 0.1) is 5.56 Å². The van der Waals surface area contributed by atoms with Crippen LogP contribution in [0.15, 0.2) is 24.3 Å². The zero-order valence-corrected chi connectivity index (χ0v) is 7.86. The first-order chi connectivity index (χ1) is 5.93. The molecule has 0 nitrogen and oxygen atoms in total. The molecule has 0 amide bonds. The van der Waals surface area contributed by atoms with E-state index in [9.17, 15) is 17.6 Å². The van der Waals surface area contributed by atoms with Crippen LogP contribution < -0.4 is 0 Å². The van der Waals surface area contributed by atoms with Gasteiger partial charge in [0, 0.05) is 5.56 Å². The lowest BCUT2D eigenvalue weighted by atomic mass is 10.1. The molecule has 0 radical (unpaired) electrons. The average molecular weight is 257 g/mol. The van der Waals surface area contributed by atoms with Gasteiger partial charge in [-0.25, -0.2) is 4.39 Å². The minimum Gasteiger partial charge on any atom is -0.230 e. The molecule has 0 fully saturated rings. The van der Waals surface area contributed by atoms with Crippen molar-refractivity contribution in [3.8, 4) is 0 Å². The van der Waals surface area contributed by atoms with E-state index in [2.05, 4.69) is 15.9 Å². The van der Waals surface area contributed by atoms with Crippen molar-refractivity contribution in [1.29, 1.82) is 0 Å². The fourth-order valence-electron chi connectivity index (χ4n) is 0.945. The largest absolute Gasteiger partial charge is 0.416 e. The summed E-state index contributed by atoms with van der Waals surface area (Å²) in [5.74, 6) is 0. The molecule has 0 aliphatic rings. The topological polar surface area (TPSA) is 0 Å². The number of hydrogen-bond donors (Lipinski definition) is 0. The van der Waals surface area contributed by atoms with Crippen LogP contribution in [0.25, 0.3) is 0 Å². The van der Waals surface area contributed by atoms with Crippen LogP contribution in [-0.2, 0) is 6.18 Å².